The molecule has 1 aliphatic heterocycles. The Kier molecular flexibility index (Phi) is 3.54. The third-order valence-corrected chi connectivity index (χ3v) is 3.54. The van der Waals surface area contributed by atoms with Crippen molar-refractivity contribution in [3.05, 3.63) is 40.1 Å². The first-order valence-corrected chi connectivity index (χ1v) is 6.36. The summed E-state index contributed by atoms with van der Waals surface area (Å²) >= 11 is 8.77. The third kappa shape index (κ3) is 2.08. The zero-order valence-electron chi connectivity index (χ0n) is 9.17. The number of carbonyl (C=O) groups is 2. The first kappa shape index (κ1) is 13.2. The minimum Gasteiger partial charge on any atom is -0.299 e. The van der Waals surface area contributed by atoms with Crippen molar-refractivity contribution in [1.29, 1.82) is 0 Å². The predicted octanol–water partition coefficient (Wildman–Crippen LogP) is 2.91. The van der Waals surface area contributed by atoms with Crippen molar-refractivity contribution >= 4 is 44.9 Å². The van der Waals surface area contributed by atoms with Gasteiger partial charge < -0.3 is 0 Å². The van der Waals surface area contributed by atoms with E-state index in [9.17, 15) is 14.0 Å². The van der Waals surface area contributed by atoms with Crippen LogP contribution in [-0.4, -0.2) is 24.1 Å². The number of hydrogen-bond donors (Lipinski definition) is 0. The molecule has 18 heavy (non-hydrogen) atoms. The van der Waals surface area contributed by atoms with E-state index in [1.807, 2.05) is 0 Å². The Hall–Kier alpha value is -1.20. The number of nitrogens with zero attached hydrogens (tertiary/aromatic N) is 1. The molecule has 94 valence electrons. The number of ketones is 1. The lowest BCUT2D eigenvalue weighted by atomic mass is 10.1. The van der Waals surface area contributed by atoms with E-state index in [0.29, 0.717) is 15.7 Å². The van der Waals surface area contributed by atoms with Crippen molar-refractivity contribution in [2.45, 2.75) is 0 Å². The molecule has 1 aromatic carbocycles. The summed E-state index contributed by atoms with van der Waals surface area (Å²) in [5.74, 6) is -1.79. The monoisotopic (exact) mass is 331 g/mol. The van der Waals surface area contributed by atoms with Crippen LogP contribution in [0.15, 0.2) is 28.8 Å². The number of anilines is 1. The molecule has 1 aromatic rings. The molecular weight excluding hydrogens is 324 g/mol. The molecule has 0 spiro atoms. The number of halogens is 3. The number of rotatable bonds is 3. The molecule has 0 saturated carbocycles. The third-order valence-electron chi connectivity index (χ3n) is 2.55. The molecule has 0 unspecified atom stereocenters. The smallest absolute Gasteiger partial charge is 0.299 e. The lowest BCUT2D eigenvalue weighted by Gasteiger charge is -2.18. The second-order valence-corrected chi connectivity index (χ2v) is 5.01. The molecule has 0 aromatic heterocycles. The molecule has 0 bridgehead atoms. The maximum absolute atomic E-state index is 13.2. The van der Waals surface area contributed by atoms with Gasteiger partial charge in [0, 0.05) is 16.9 Å². The SMILES string of the molecule is C=C(CCl)CN1C(=O)C(=O)c2cc(F)cc(Br)c21. The summed E-state index contributed by atoms with van der Waals surface area (Å²) in [5.41, 5.74) is 1.04. The summed E-state index contributed by atoms with van der Waals surface area (Å²) in [6, 6.07) is 2.27. The van der Waals surface area contributed by atoms with E-state index in [1.165, 1.54) is 11.0 Å². The van der Waals surface area contributed by atoms with Gasteiger partial charge in [0.2, 0.25) is 0 Å². The van der Waals surface area contributed by atoms with Gasteiger partial charge in [-0.2, -0.15) is 0 Å². The Balaban J connectivity index is 2.51. The summed E-state index contributed by atoms with van der Waals surface area (Å²) in [6.07, 6.45) is 0. The molecule has 0 N–H and O–H groups in total. The van der Waals surface area contributed by atoms with E-state index in [4.69, 9.17) is 11.6 Å². The molecule has 1 heterocycles. The highest BCUT2D eigenvalue weighted by Gasteiger charge is 2.37. The van der Waals surface area contributed by atoms with E-state index in [1.54, 1.807) is 0 Å². The van der Waals surface area contributed by atoms with E-state index >= 15 is 0 Å². The Morgan fingerprint density at radius 2 is 2.11 bits per heavy atom. The van der Waals surface area contributed by atoms with Crippen LogP contribution in [0.3, 0.4) is 0 Å². The molecule has 0 saturated heterocycles. The molecule has 6 heteroatoms. The number of Topliss-reactive ketones (excluding diaryl/α,β-unsaturated/α-hetero) is 1. The van der Waals surface area contributed by atoms with Gasteiger partial charge in [0.15, 0.2) is 0 Å². The van der Waals surface area contributed by atoms with Gasteiger partial charge in [0.25, 0.3) is 11.7 Å². The van der Waals surface area contributed by atoms with Crippen molar-refractivity contribution in [3.63, 3.8) is 0 Å². The van der Waals surface area contributed by atoms with Crippen molar-refractivity contribution in [3.8, 4) is 0 Å². The number of hydrogen-bond acceptors (Lipinski definition) is 2. The Labute approximate surface area is 116 Å². The largest absolute Gasteiger partial charge is 0.299 e. The highest BCUT2D eigenvalue weighted by molar-refractivity contribution is 9.10. The molecule has 2 rings (SSSR count). The normalized spacial score (nSPS) is 14.1. The standard InChI is InChI=1S/C12H8BrClFNO2/c1-6(4-14)5-16-10-8(11(17)12(16)18)2-7(15)3-9(10)13/h2-3H,1,4-5H2. The van der Waals surface area contributed by atoms with Crippen LogP contribution in [0.1, 0.15) is 10.4 Å². The van der Waals surface area contributed by atoms with Crippen LogP contribution in [0.25, 0.3) is 0 Å². The molecule has 1 aliphatic rings. The first-order chi connectivity index (χ1) is 8.45. The minimum atomic E-state index is -0.715. The molecule has 3 nitrogen and oxygen atoms in total. The number of carbonyl (C=O) groups excluding carboxylic acids is 2. The first-order valence-electron chi connectivity index (χ1n) is 5.03. The van der Waals surface area contributed by atoms with Crippen molar-refractivity contribution < 1.29 is 14.0 Å². The number of alkyl halides is 1. The second-order valence-electron chi connectivity index (χ2n) is 3.89. The summed E-state index contributed by atoms with van der Waals surface area (Å²) in [5, 5.41) is 0. The van der Waals surface area contributed by atoms with Gasteiger partial charge in [-0.25, -0.2) is 4.39 Å². The topological polar surface area (TPSA) is 37.4 Å². The van der Waals surface area contributed by atoms with E-state index < -0.39 is 17.5 Å². The number of benzene rings is 1. The van der Waals surface area contributed by atoms with Crippen LogP contribution in [0.5, 0.6) is 0 Å². The van der Waals surface area contributed by atoms with Crippen LogP contribution in [-0.2, 0) is 4.79 Å². The maximum atomic E-state index is 13.2. The van der Waals surface area contributed by atoms with E-state index in [-0.39, 0.29) is 18.0 Å². The zero-order valence-corrected chi connectivity index (χ0v) is 11.5. The summed E-state index contributed by atoms with van der Waals surface area (Å²) in [7, 11) is 0. The zero-order chi connectivity index (χ0) is 13.4. The van der Waals surface area contributed by atoms with Crippen molar-refractivity contribution in [1.82, 2.24) is 0 Å². The van der Waals surface area contributed by atoms with Gasteiger partial charge in [0.05, 0.1) is 11.3 Å². The van der Waals surface area contributed by atoms with Crippen LogP contribution < -0.4 is 4.90 Å². The number of fused-ring (bicyclic) bond motifs is 1. The van der Waals surface area contributed by atoms with Gasteiger partial charge in [0.1, 0.15) is 5.82 Å². The van der Waals surface area contributed by atoms with Gasteiger partial charge >= 0.3 is 0 Å². The molecule has 0 fully saturated rings. The minimum absolute atomic E-state index is 0.0641. The second kappa shape index (κ2) is 4.82. The molecular formula is C12H8BrClFNO2. The summed E-state index contributed by atoms with van der Waals surface area (Å²) < 4.78 is 13.6. The van der Waals surface area contributed by atoms with Crippen LogP contribution in [0.4, 0.5) is 10.1 Å². The van der Waals surface area contributed by atoms with Crippen molar-refractivity contribution in [2.75, 3.05) is 17.3 Å². The van der Waals surface area contributed by atoms with Gasteiger partial charge in [-0.05, 0) is 33.6 Å². The Morgan fingerprint density at radius 3 is 2.72 bits per heavy atom. The Morgan fingerprint density at radius 1 is 1.44 bits per heavy atom. The van der Waals surface area contributed by atoms with Gasteiger partial charge in [-0.3, -0.25) is 14.5 Å². The predicted molar refractivity (Wildman–Crippen MR) is 70.6 cm³/mol. The van der Waals surface area contributed by atoms with E-state index in [2.05, 4.69) is 22.5 Å². The fraction of sp³-hybridized carbons (Fsp3) is 0.167. The van der Waals surface area contributed by atoms with E-state index in [0.717, 1.165) is 6.07 Å². The summed E-state index contributed by atoms with van der Waals surface area (Å²) in [6.45, 7) is 3.83. The molecule has 0 aliphatic carbocycles. The van der Waals surface area contributed by atoms with Crippen LogP contribution >= 0.6 is 27.5 Å². The van der Waals surface area contributed by atoms with Crippen molar-refractivity contribution in [2.24, 2.45) is 0 Å². The highest BCUT2D eigenvalue weighted by Crippen LogP contribution is 2.37. The Bertz CT molecular complexity index is 573. The van der Waals surface area contributed by atoms with Gasteiger partial charge in [-0.1, -0.05) is 6.58 Å². The average molecular weight is 333 g/mol. The summed E-state index contributed by atoms with van der Waals surface area (Å²) in [4.78, 5) is 24.8. The maximum Gasteiger partial charge on any atom is 0.299 e. The molecule has 0 atom stereocenters. The quantitative estimate of drug-likeness (QED) is 0.485. The fourth-order valence-electron chi connectivity index (χ4n) is 1.77. The van der Waals surface area contributed by atoms with Crippen LogP contribution in [0.2, 0.25) is 0 Å². The lowest BCUT2D eigenvalue weighted by molar-refractivity contribution is -0.114. The molecule has 0 radical (unpaired) electrons. The molecule has 1 amide bonds. The average Bonchev–Trinajstić information content (AvgIpc) is 2.54. The van der Waals surface area contributed by atoms with Gasteiger partial charge in [-0.15, -0.1) is 11.6 Å². The lowest BCUT2D eigenvalue weighted by Crippen LogP contribution is -2.31. The highest BCUT2D eigenvalue weighted by atomic mass is 79.9. The number of amides is 1. The van der Waals surface area contributed by atoms with Crippen LogP contribution in [0, 0.1) is 5.82 Å². The fourth-order valence-corrected chi connectivity index (χ4v) is 2.50.